The summed E-state index contributed by atoms with van der Waals surface area (Å²) in [4.78, 5) is 0. The highest BCUT2D eigenvalue weighted by Gasteiger charge is 2.21. The summed E-state index contributed by atoms with van der Waals surface area (Å²) in [5.74, 6) is 0.524. The third-order valence-corrected chi connectivity index (χ3v) is 3.09. The highest BCUT2D eigenvalue weighted by molar-refractivity contribution is 5.48. The van der Waals surface area contributed by atoms with E-state index in [4.69, 9.17) is 0 Å². The molecule has 0 heteroatoms. The lowest BCUT2D eigenvalue weighted by Gasteiger charge is -2.15. The summed E-state index contributed by atoms with van der Waals surface area (Å²) in [6.07, 6.45) is 2.30. The van der Waals surface area contributed by atoms with E-state index in [0.29, 0.717) is 5.92 Å². The Morgan fingerprint density at radius 1 is 0.929 bits per heavy atom. The van der Waals surface area contributed by atoms with Gasteiger partial charge in [0, 0.05) is 5.92 Å². The van der Waals surface area contributed by atoms with Crippen LogP contribution < -0.4 is 0 Å². The van der Waals surface area contributed by atoms with Gasteiger partial charge in [-0.2, -0.15) is 0 Å². The Balaban J connectivity index is 2.43. The Morgan fingerprint density at radius 2 is 1.57 bits per heavy atom. The molecular weight excluding hydrogens is 168 g/mol. The molecule has 1 aliphatic carbocycles. The van der Waals surface area contributed by atoms with Gasteiger partial charge in [-0.25, -0.2) is 0 Å². The van der Waals surface area contributed by atoms with Crippen LogP contribution in [0, 0.1) is 0 Å². The summed E-state index contributed by atoms with van der Waals surface area (Å²) >= 11 is 0. The maximum atomic E-state index is 2.30. The van der Waals surface area contributed by atoms with Crippen LogP contribution in [0.1, 0.15) is 32.3 Å². The molecule has 0 fully saturated rings. The number of allylic oxidation sites excluding steroid dienone is 4. The molecule has 0 saturated heterocycles. The SMILES string of the molecule is CC1=CC(C)=C(C)C1c1ccccc1. The van der Waals surface area contributed by atoms with Gasteiger partial charge in [-0.3, -0.25) is 0 Å². The zero-order chi connectivity index (χ0) is 10.1. The molecule has 1 aromatic carbocycles. The second-order valence-electron chi connectivity index (χ2n) is 4.10. The first kappa shape index (κ1) is 9.26. The van der Waals surface area contributed by atoms with Crippen LogP contribution in [-0.4, -0.2) is 0 Å². The van der Waals surface area contributed by atoms with Crippen LogP contribution in [-0.2, 0) is 0 Å². The van der Waals surface area contributed by atoms with E-state index >= 15 is 0 Å². The molecule has 1 aromatic rings. The number of benzene rings is 1. The van der Waals surface area contributed by atoms with Crippen LogP contribution in [0.25, 0.3) is 0 Å². The Kier molecular flexibility index (Phi) is 2.28. The van der Waals surface area contributed by atoms with Crippen LogP contribution in [0.5, 0.6) is 0 Å². The summed E-state index contributed by atoms with van der Waals surface area (Å²) in [6, 6.07) is 10.7. The lowest BCUT2D eigenvalue weighted by Crippen LogP contribution is -1.98. The van der Waals surface area contributed by atoms with E-state index in [1.54, 1.807) is 0 Å². The summed E-state index contributed by atoms with van der Waals surface area (Å²) in [5, 5.41) is 0. The van der Waals surface area contributed by atoms with Crippen molar-refractivity contribution in [1.82, 2.24) is 0 Å². The largest absolute Gasteiger partial charge is 0.0622 e. The Hall–Kier alpha value is -1.30. The lowest BCUT2D eigenvalue weighted by molar-refractivity contribution is 0.939. The van der Waals surface area contributed by atoms with Crippen molar-refractivity contribution in [2.24, 2.45) is 0 Å². The predicted octanol–water partition coefficient (Wildman–Crippen LogP) is 4.07. The molecule has 0 aromatic heterocycles. The van der Waals surface area contributed by atoms with Gasteiger partial charge in [0.1, 0.15) is 0 Å². The average molecular weight is 184 g/mol. The Morgan fingerprint density at radius 3 is 2.07 bits per heavy atom. The number of rotatable bonds is 1. The topological polar surface area (TPSA) is 0 Å². The summed E-state index contributed by atoms with van der Waals surface area (Å²) in [7, 11) is 0. The van der Waals surface area contributed by atoms with Gasteiger partial charge in [0.15, 0.2) is 0 Å². The molecule has 2 rings (SSSR count). The first-order valence-corrected chi connectivity index (χ1v) is 5.10. The lowest BCUT2D eigenvalue weighted by atomic mass is 9.89. The summed E-state index contributed by atoms with van der Waals surface area (Å²) in [6.45, 7) is 6.65. The van der Waals surface area contributed by atoms with E-state index in [0.717, 1.165) is 0 Å². The monoisotopic (exact) mass is 184 g/mol. The van der Waals surface area contributed by atoms with E-state index in [1.165, 1.54) is 22.3 Å². The molecule has 0 N–H and O–H groups in total. The van der Waals surface area contributed by atoms with Crippen molar-refractivity contribution in [2.75, 3.05) is 0 Å². The minimum Gasteiger partial charge on any atom is -0.0622 e. The first-order valence-electron chi connectivity index (χ1n) is 5.10. The Labute approximate surface area is 86.0 Å². The smallest absolute Gasteiger partial charge is 0.0261 e. The van der Waals surface area contributed by atoms with Crippen molar-refractivity contribution in [3.8, 4) is 0 Å². The van der Waals surface area contributed by atoms with Gasteiger partial charge in [0.05, 0.1) is 0 Å². The molecule has 1 unspecified atom stereocenters. The van der Waals surface area contributed by atoms with Crippen LogP contribution in [0.4, 0.5) is 0 Å². The van der Waals surface area contributed by atoms with Crippen molar-refractivity contribution in [3.05, 3.63) is 58.7 Å². The quantitative estimate of drug-likeness (QED) is 0.617. The van der Waals surface area contributed by atoms with Crippen LogP contribution in [0.2, 0.25) is 0 Å². The van der Waals surface area contributed by atoms with Gasteiger partial charge in [-0.05, 0) is 26.3 Å². The minimum atomic E-state index is 0.524. The maximum absolute atomic E-state index is 2.30. The van der Waals surface area contributed by atoms with E-state index in [1.807, 2.05) is 0 Å². The number of hydrogen-bond donors (Lipinski definition) is 0. The molecule has 0 radical (unpaired) electrons. The van der Waals surface area contributed by atoms with Gasteiger partial charge in [0.25, 0.3) is 0 Å². The number of hydrogen-bond acceptors (Lipinski definition) is 0. The van der Waals surface area contributed by atoms with Crippen molar-refractivity contribution >= 4 is 0 Å². The fourth-order valence-electron chi connectivity index (χ4n) is 2.27. The molecule has 14 heavy (non-hydrogen) atoms. The summed E-state index contributed by atoms with van der Waals surface area (Å²) in [5.41, 5.74) is 5.80. The molecule has 1 atom stereocenters. The normalized spacial score (nSPS) is 21.4. The third kappa shape index (κ3) is 1.41. The van der Waals surface area contributed by atoms with Crippen LogP contribution in [0.3, 0.4) is 0 Å². The molecule has 0 amide bonds. The highest BCUT2D eigenvalue weighted by Crippen LogP contribution is 2.38. The van der Waals surface area contributed by atoms with E-state index in [-0.39, 0.29) is 0 Å². The van der Waals surface area contributed by atoms with Crippen LogP contribution in [0.15, 0.2) is 53.1 Å². The van der Waals surface area contributed by atoms with Crippen molar-refractivity contribution in [2.45, 2.75) is 26.7 Å². The van der Waals surface area contributed by atoms with E-state index in [9.17, 15) is 0 Å². The predicted molar refractivity (Wildman–Crippen MR) is 61.3 cm³/mol. The van der Waals surface area contributed by atoms with Crippen molar-refractivity contribution in [1.29, 1.82) is 0 Å². The summed E-state index contributed by atoms with van der Waals surface area (Å²) < 4.78 is 0. The molecule has 0 saturated carbocycles. The van der Waals surface area contributed by atoms with Gasteiger partial charge in [-0.1, -0.05) is 53.1 Å². The fourth-order valence-corrected chi connectivity index (χ4v) is 2.27. The molecule has 0 heterocycles. The molecule has 72 valence electrons. The van der Waals surface area contributed by atoms with Gasteiger partial charge < -0.3 is 0 Å². The zero-order valence-electron chi connectivity index (χ0n) is 9.04. The van der Waals surface area contributed by atoms with Gasteiger partial charge >= 0.3 is 0 Å². The van der Waals surface area contributed by atoms with Crippen molar-refractivity contribution < 1.29 is 0 Å². The second-order valence-corrected chi connectivity index (χ2v) is 4.10. The van der Waals surface area contributed by atoms with E-state index < -0.39 is 0 Å². The van der Waals surface area contributed by atoms with Crippen LogP contribution >= 0.6 is 0 Å². The van der Waals surface area contributed by atoms with Gasteiger partial charge in [-0.15, -0.1) is 0 Å². The first-order chi connectivity index (χ1) is 6.70. The minimum absolute atomic E-state index is 0.524. The molecule has 0 nitrogen and oxygen atoms in total. The highest BCUT2D eigenvalue weighted by atomic mass is 14.2. The third-order valence-electron chi connectivity index (χ3n) is 3.09. The zero-order valence-corrected chi connectivity index (χ0v) is 9.04. The van der Waals surface area contributed by atoms with Gasteiger partial charge in [0.2, 0.25) is 0 Å². The molecule has 0 bridgehead atoms. The Bertz CT molecular complexity index is 393. The molecular formula is C14H16. The standard InChI is InChI=1S/C14H16/c1-10-9-11(2)14(12(10)3)13-7-5-4-6-8-13/h4-9,14H,1-3H3. The average Bonchev–Trinajstić information content (AvgIpc) is 2.43. The molecule has 0 aliphatic heterocycles. The van der Waals surface area contributed by atoms with E-state index in [2.05, 4.69) is 57.2 Å². The van der Waals surface area contributed by atoms with Crippen molar-refractivity contribution in [3.63, 3.8) is 0 Å². The fraction of sp³-hybridized carbons (Fsp3) is 0.286. The second kappa shape index (κ2) is 3.45. The molecule has 0 spiro atoms. The maximum Gasteiger partial charge on any atom is 0.0261 e. The molecule has 1 aliphatic rings.